The van der Waals surface area contributed by atoms with Gasteiger partial charge in [0.05, 0.1) is 26.2 Å². The van der Waals surface area contributed by atoms with E-state index in [1.165, 1.54) is 212 Å². The minimum absolute atomic E-state index is 0.00411. The van der Waals surface area contributed by atoms with Gasteiger partial charge in [-0.05, 0) is 110 Å². The Labute approximate surface area is 430 Å². The van der Waals surface area contributed by atoms with Crippen LogP contribution in [0.5, 0.6) is 0 Å². The number of unbranched alkanes of at least 4 members (excludes halogenated alkanes) is 25. The number of carbonyl (C=O) groups is 3. The van der Waals surface area contributed by atoms with Crippen LogP contribution in [0.15, 0.2) is 0 Å². The zero-order valence-corrected chi connectivity index (χ0v) is 47.5. The summed E-state index contributed by atoms with van der Waals surface area (Å²) in [6.07, 6.45) is 48.1. The normalized spacial score (nSPS) is 13.0. The van der Waals surface area contributed by atoms with Crippen molar-refractivity contribution >= 4 is 17.9 Å². The second-order valence-corrected chi connectivity index (χ2v) is 21.7. The molecule has 0 saturated heterocycles. The average Bonchev–Trinajstić information content (AvgIpc) is 3.34. The van der Waals surface area contributed by atoms with Gasteiger partial charge >= 0.3 is 17.9 Å². The third-order valence-corrected chi connectivity index (χ3v) is 14.6. The van der Waals surface area contributed by atoms with Gasteiger partial charge in [-0.15, -0.1) is 0 Å². The molecule has 0 bridgehead atoms. The fourth-order valence-electron chi connectivity index (χ4n) is 9.89. The van der Waals surface area contributed by atoms with E-state index in [1.54, 1.807) is 0 Å². The fourth-order valence-corrected chi connectivity index (χ4v) is 9.89. The molecule has 0 N–H and O–H groups in total. The zero-order chi connectivity index (χ0) is 50.7. The summed E-state index contributed by atoms with van der Waals surface area (Å²) < 4.78 is 17.4. The molecule has 0 aromatic rings. The van der Waals surface area contributed by atoms with Gasteiger partial charge in [0.25, 0.3) is 0 Å². The smallest absolute Gasteiger partial charge is 0.307 e. The number of hydrogen-bond acceptors (Lipinski definition) is 8. The Morgan fingerprint density at radius 2 is 0.681 bits per heavy atom. The highest BCUT2D eigenvalue weighted by atomic mass is 16.5. The third-order valence-electron chi connectivity index (χ3n) is 14.6. The number of nitrogens with zero attached hydrogens (tertiary/aromatic N) is 2. The standard InChI is InChI=1S/C61H120N2O6/c1-8-13-18-21-30-40-53-67-61(66)49-52-63(51-39-31-38-50-62(6)7)58(45-34-26-22-24-28-36-47-59(64)68-54-56(41-16-11-4)43-32-19-14-9-2)46-35-27-23-25-29-37-48-60(65)69-55-57(42-17-12-5)44-33-20-15-10-3/h56-58H,8-55H2,1-7H3. The lowest BCUT2D eigenvalue weighted by Crippen LogP contribution is -2.38. The molecule has 0 spiro atoms. The van der Waals surface area contributed by atoms with E-state index in [1.807, 2.05) is 0 Å². The molecular formula is C61H120N2O6. The van der Waals surface area contributed by atoms with E-state index in [2.05, 4.69) is 58.5 Å². The summed E-state index contributed by atoms with van der Waals surface area (Å²) in [5.74, 6) is 0.999. The molecule has 410 valence electrons. The molecule has 8 nitrogen and oxygen atoms in total. The molecular weight excluding hydrogens is 857 g/mol. The Bertz CT molecular complexity index is 1050. The Balaban J connectivity index is 5.14. The van der Waals surface area contributed by atoms with Crippen LogP contribution < -0.4 is 0 Å². The van der Waals surface area contributed by atoms with Gasteiger partial charge in [0.2, 0.25) is 0 Å². The second-order valence-electron chi connectivity index (χ2n) is 21.7. The van der Waals surface area contributed by atoms with Crippen LogP contribution in [0.3, 0.4) is 0 Å². The molecule has 0 aromatic carbocycles. The van der Waals surface area contributed by atoms with E-state index < -0.39 is 0 Å². The van der Waals surface area contributed by atoms with Crippen molar-refractivity contribution in [2.75, 3.05) is 53.6 Å². The number of esters is 3. The second kappa shape index (κ2) is 52.6. The fraction of sp³-hybridized carbons (Fsp3) is 0.951. The molecule has 0 saturated carbocycles. The van der Waals surface area contributed by atoms with E-state index in [-0.39, 0.29) is 17.9 Å². The molecule has 0 radical (unpaired) electrons. The van der Waals surface area contributed by atoms with Crippen LogP contribution in [0.2, 0.25) is 0 Å². The van der Waals surface area contributed by atoms with Gasteiger partial charge in [-0.2, -0.15) is 0 Å². The quantitative estimate of drug-likeness (QED) is 0.0338. The van der Waals surface area contributed by atoms with E-state index in [4.69, 9.17) is 14.2 Å². The van der Waals surface area contributed by atoms with Crippen molar-refractivity contribution in [3.63, 3.8) is 0 Å². The maximum absolute atomic E-state index is 13.0. The predicted octanol–water partition coefficient (Wildman–Crippen LogP) is 17.6. The minimum Gasteiger partial charge on any atom is -0.466 e. The predicted molar refractivity (Wildman–Crippen MR) is 296 cm³/mol. The van der Waals surface area contributed by atoms with Crippen LogP contribution in [0.1, 0.15) is 304 Å². The summed E-state index contributed by atoms with van der Waals surface area (Å²) in [7, 11) is 4.31. The highest BCUT2D eigenvalue weighted by molar-refractivity contribution is 5.70. The lowest BCUT2D eigenvalue weighted by Gasteiger charge is -2.32. The summed E-state index contributed by atoms with van der Waals surface area (Å²) in [5, 5.41) is 0. The van der Waals surface area contributed by atoms with Gasteiger partial charge in [0.1, 0.15) is 0 Å². The van der Waals surface area contributed by atoms with E-state index in [0.29, 0.717) is 57.0 Å². The van der Waals surface area contributed by atoms with Gasteiger partial charge in [0, 0.05) is 25.4 Å². The molecule has 0 aromatic heterocycles. The van der Waals surface area contributed by atoms with Gasteiger partial charge in [0.15, 0.2) is 0 Å². The highest BCUT2D eigenvalue weighted by Gasteiger charge is 2.20. The molecule has 0 amide bonds. The van der Waals surface area contributed by atoms with Crippen LogP contribution in [0, 0.1) is 11.8 Å². The van der Waals surface area contributed by atoms with E-state index in [9.17, 15) is 14.4 Å². The van der Waals surface area contributed by atoms with Gasteiger partial charge in [-0.3, -0.25) is 19.3 Å². The number of rotatable bonds is 55. The lowest BCUT2D eigenvalue weighted by molar-refractivity contribution is -0.146. The van der Waals surface area contributed by atoms with Crippen molar-refractivity contribution in [3.8, 4) is 0 Å². The Morgan fingerprint density at radius 3 is 1.14 bits per heavy atom. The first-order chi connectivity index (χ1) is 33.7. The largest absolute Gasteiger partial charge is 0.466 e. The van der Waals surface area contributed by atoms with Crippen molar-refractivity contribution in [2.24, 2.45) is 11.8 Å². The lowest BCUT2D eigenvalue weighted by atomic mass is 9.96. The summed E-state index contributed by atoms with van der Waals surface area (Å²) in [6.45, 7) is 16.0. The van der Waals surface area contributed by atoms with Crippen LogP contribution >= 0.6 is 0 Å². The number of ether oxygens (including phenoxy) is 3. The van der Waals surface area contributed by atoms with E-state index in [0.717, 1.165) is 58.2 Å². The molecule has 0 heterocycles. The summed E-state index contributed by atoms with van der Waals surface area (Å²) >= 11 is 0. The number of carbonyl (C=O) groups excluding carboxylic acids is 3. The first-order valence-electron chi connectivity index (χ1n) is 30.6. The van der Waals surface area contributed by atoms with Crippen molar-refractivity contribution in [3.05, 3.63) is 0 Å². The molecule has 8 heteroatoms. The first kappa shape index (κ1) is 67.3. The van der Waals surface area contributed by atoms with Gasteiger partial charge < -0.3 is 19.1 Å². The Hall–Kier alpha value is -1.67. The topological polar surface area (TPSA) is 85.4 Å². The van der Waals surface area contributed by atoms with Gasteiger partial charge in [-0.1, -0.05) is 214 Å². The molecule has 2 unspecified atom stereocenters. The van der Waals surface area contributed by atoms with Crippen molar-refractivity contribution in [1.82, 2.24) is 9.80 Å². The molecule has 0 aliphatic carbocycles. The van der Waals surface area contributed by atoms with Crippen molar-refractivity contribution in [2.45, 2.75) is 310 Å². The molecule has 0 aliphatic heterocycles. The SMILES string of the molecule is CCCCCCCCOC(=O)CCN(CCCCCN(C)C)C(CCCCCCCCC(=O)OCC(CCCC)CCCCCC)CCCCCCCCC(=O)OCC(CCCC)CCCCCC. The summed E-state index contributed by atoms with van der Waals surface area (Å²) in [4.78, 5) is 43.3. The highest BCUT2D eigenvalue weighted by Crippen LogP contribution is 2.23. The van der Waals surface area contributed by atoms with Crippen LogP contribution in [-0.4, -0.2) is 87.3 Å². The molecule has 69 heavy (non-hydrogen) atoms. The zero-order valence-electron chi connectivity index (χ0n) is 47.5. The van der Waals surface area contributed by atoms with Crippen LogP contribution in [0.25, 0.3) is 0 Å². The molecule has 0 aliphatic rings. The van der Waals surface area contributed by atoms with Crippen LogP contribution in [-0.2, 0) is 28.6 Å². The summed E-state index contributed by atoms with van der Waals surface area (Å²) in [6, 6.07) is 0.482. The minimum atomic E-state index is -0.0369. The van der Waals surface area contributed by atoms with Crippen molar-refractivity contribution < 1.29 is 28.6 Å². The van der Waals surface area contributed by atoms with Crippen LogP contribution in [0.4, 0.5) is 0 Å². The van der Waals surface area contributed by atoms with E-state index >= 15 is 0 Å². The Kier molecular flexibility index (Phi) is 51.4. The molecule has 2 atom stereocenters. The van der Waals surface area contributed by atoms with Gasteiger partial charge in [-0.25, -0.2) is 0 Å². The maximum Gasteiger partial charge on any atom is 0.307 e. The monoisotopic (exact) mass is 977 g/mol. The first-order valence-corrected chi connectivity index (χ1v) is 30.6. The molecule has 0 fully saturated rings. The van der Waals surface area contributed by atoms with Crippen molar-refractivity contribution in [1.29, 1.82) is 0 Å². The average molecular weight is 978 g/mol. The summed E-state index contributed by atoms with van der Waals surface area (Å²) in [5.41, 5.74) is 0. The number of hydrogen-bond donors (Lipinski definition) is 0. The maximum atomic E-state index is 13.0. The molecule has 0 rings (SSSR count). The Morgan fingerprint density at radius 1 is 0.333 bits per heavy atom. The third kappa shape index (κ3) is 47.1.